The number of carbonyl (C=O) groups is 3. The van der Waals surface area contributed by atoms with E-state index in [1.165, 1.54) is 20.8 Å². The number of hydrogen-bond acceptors (Lipinski definition) is 15. The van der Waals surface area contributed by atoms with Gasteiger partial charge < -0.3 is 67.9 Å². The molecule has 42 heavy (non-hydrogen) atoms. The number of nitrogens with two attached hydrogens (primary N) is 1. The number of aliphatic hydroxyl groups is 8. The van der Waals surface area contributed by atoms with Crippen LogP contribution < -0.4 is 37.6 Å². The third-order valence-electron chi connectivity index (χ3n) is 7.16. The quantitative estimate of drug-likeness (QED) is 0.133. The highest BCUT2D eigenvalue weighted by molar-refractivity contribution is 5.74. The molecule has 3 saturated heterocycles. The lowest BCUT2D eigenvalue weighted by Gasteiger charge is -2.38. The molecular weight excluding hydrogens is 562 g/mol. The Hall–Kier alpha value is -2.07. The summed E-state index contributed by atoms with van der Waals surface area (Å²) < 4.78 is 0. The summed E-state index contributed by atoms with van der Waals surface area (Å²) in [5.74, 6) is -1.35. The Balaban J connectivity index is 0.000000315. The second-order valence-electron chi connectivity index (χ2n) is 10.6. The Kier molecular flexibility index (Phi) is 16.8. The Morgan fingerprint density at radius 3 is 1.48 bits per heavy atom. The minimum atomic E-state index is -1.09. The van der Waals surface area contributed by atoms with Crippen molar-refractivity contribution in [1.29, 1.82) is 0 Å². The van der Waals surface area contributed by atoms with Gasteiger partial charge in [-0.3, -0.25) is 25.0 Å². The van der Waals surface area contributed by atoms with Crippen molar-refractivity contribution in [2.75, 3.05) is 39.4 Å². The first-order valence-corrected chi connectivity index (χ1v) is 13.7. The fraction of sp³-hybridized carbons (Fsp3) is 0.875. The highest BCUT2D eigenvalue weighted by Crippen LogP contribution is 2.15. The fourth-order valence-electron chi connectivity index (χ4n) is 4.66. The Morgan fingerprint density at radius 1 is 0.619 bits per heavy atom. The van der Waals surface area contributed by atoms with Gasteiger partial charge in [0, 0.05) is 58.8 Å². The van der Waals surface area contributed by atoms with E-state index < -0.39 is 67.0 Å². The molecule has 0 saturated carbocycles. The van der Waals surface area contributed by atoms with Gasteiger partial charge in [0.15, 0.2) is 0 Å². The molecule has 12 atom stereocenters. The predicted octanol–water partition coefficient (Wildman–Crippen LogP) is -8.09. The summed E-state index contributed by atoms with van der Waals surface area (Å²) in [4.78, 5) is 32.2. The van der Waals surface area contributed by atoms with Crippen molar-refractivity contribution in [3.8, 4) is 0 Å². The molecule has 0 aromatic carbocycles. The zero-order valence-corrected chi connectivity index (χ0v) is 24.1. The summed E-state index contributed by atoms with van der Waals surface area (Å²) in [6.07, 6.45) is -7.36. The summed E-state index contributed by atoms with van der Waals surface area (Å²) >= 11 is 0. The zero-order chi connectivity index (χ0) is 32.1. The Morgan fingerprint density at radius 2 is 1.07 bits per heavy atom. The highest BCUT2D eigenvalue weighted by atomic mass is 16.3. The summed E-state index contributed by atoms with van der Waals surface area (Å²) in [5.41, 5.74) is 5.40. The van der Waals surface area contributed by atoms with Crippen LogP contribution in [0, 0.1) is 11.8 Å². The third kappa shape index (κ3) is 11.5. The maximum absolute atomic E-state index is 10.7. The van der Waals surface area contributed by atoms with E-state index in [-0.39, 0.29) is 36.9 Å². The van der Waals surface area contributed by atoms with Crippen LogP contribution in [0.3, 0.4) is 0 Å². The lowest BCUT2D eigenvalue weighted by molar-refractivity contribution is -0.125. The maximum atomic E-state index is 10.7. The van der Waals surface area contributed by atoms with Gasteiger partial charge in [-0.15, -0.1) is 0 Å². The van der Waals surface area contributed by atoms with Crippen molar-refractivity contribution in [2.24, 2.45) is 17.6 Å². The standard InChI is InChI=1S/C8H17N3O3.2C8H16N2O4/c1-4(12)11-8-7(14)6(13)5(2-9)3-10-8;1-4(12)10-5-2-9-6(3-11)8(14)7(5)13;1-4(12)10-8-7(14)6(13)5(3-11)2-9-8/h5-8,10,13-14H,2-3,9H2,1H3,(H,11,12);2*5-9,11,13-14H,2-3H2,1H3,(H,10,12)/t5-,6+,7+,8-;5-,6+,7+,8+;5-,6+,7+,8-/m101/s1. The number of carbonyl (C=O) groups excluding carboxylic acids is 3. The van der Waals surface area contributed by atoms with Crippen molar-refractivity contribution >= 4 is 17.7 Å². The third-order valence-corrected chi connectivity index (χ3v) is 7.16. The van der Waals surface area contributed by atoms with E-state index in [1.54, 1.807) is 0 Å². The molecule has 3 aliphatic rings. The van der Waals surface area contributed by atoms with Crippen LogP contribution in [0.1, 0.15) is 20.8 Å². The van der Waals surface area contributed by atoms with E-state index in [9.17, 15) is 45.0 Å². The lowest BCUT2D eigenvalue weighted by atomic mass is 9.92. The van der Waals surface area contributed by atoms with Gasteiger partial charge in [0.25, 0.3) is 0 Å². The maximum Gasteiger partial charge on any atom is 0.218 e. The van der Waals surface area contributed by atoms with E-state index in [1.807, 2.05) is 0 Å². The smallest absolute Gasteiger partial charge is 0.218 e. The minimum absolute atomic E-state index is 0.171. The predicted molar refractivity (Wildman–Crippen MR) is 147 cm³/mol. The molecular formula is C24H49N7O11. The van der Waals surface area contributed by atoms with Crippen LogP contribution in [-0.2, 0) is 14.4 Å². The first-order valence-electron chi connectivity index (χ1n) is 13.7. The summed E-state index contributed by atoms with van der Waals surface area (Å²) in [6.45, 7) is 5.08. The van der Waals surface area contributed by atoms with Crippen molar-refractivity contribution in [3.63, 3.8) is 0 Å². The number of amides is 3. The molecule has 246 valence electrons. The molecule has 0 spiro atoms. The van der Waals surface area contributed by atoms with Crippen LogP contribution in [0.25, 0.3) is 0 Å². The molecule has 0 aliphatic carbocycles. The van der Waals surface area contributed by atoms with Gasteiger partial charge in [-0.05, 0) is 6.54 Å². The van der Waals surface area contributed by atoms with Crippen molar-refractivity contribution in [2.45, 2.75) is 81.8 Å². The highest BCUT2D eigenvalue weighted by Gasteiger charge is 2.38. The largest absolute Gasteiger partial charge is 0.396 e. The Labute approximate surface area is 244 Å². The second-order valence-corrected chi connectivity index (χ2v) is 10.6. The van der Waals surface area contributed by atoms with Crippen LogP contribution in [0.5, 0.6) is 0 Å². The van der Waals surface area contributed by atoms with Gasteiger partial charge in [0.2, 0.25) is 17.7 Å². The minimum Gasteiger partial charge on any atom is -0.396 e. The molecule has 3 rings (SSSR count). The van der Waals surface area contributed by atoms with E-state index in [4.69, 9.17) is 15.9 Å². The summed E-state index contributed by atoms with van der Waals surface area (Å²) in [6, 6.07) is -1.04. The van der Waals surface area contributed by atoms with E-state index in [2.05, 4.69) is 31.9 Å². The number of nitrogens with one attached hydrogen (secondary N) is 6. The van der Waals surface area contributed by atoms with Gasteiger partial charge in [0.05, 0.1) is 37.0 Å². The number of piperidine rings is 3. The molecule has 0 bridgehead atoms. The van der Waals surface area contributed by atoms with Crippen LogP contribution in [-0.4, -0.2) is 159 Å². The molecule has 3 aliphatic heterocycles. The summed E-state index contributed by atoms with van der Waals surface area (Å²) in [5, 5.41) is 91.1. The van der Waals surface area contributed by atoms with Crippen LogP contribution in [0.4, 0.5) is 0 Å². The van der Waals surface area contributed by atoms with E-state index in [0.29, 0.717) is 26.2 Å². The molecule has 0 radical (unpaired) electrons. The van der Waals surface area contributed by atoms with Crippen LogP contribution in [0.2, 0.25) is 0 Å². The zero-order valence-electron chi connectivity index (χ0n) is 24.1. The number of aliphatic hydroxyl groups excluding tert-OH is 8. The van der Waals surface area contributed by atoms with E-state index in [0.717, 1.165) is 0 Å². The number of rotatable bonds is 6. The van der Waals surface area contributed by atoms with Crippen molar-refractivity contribution in [3.05, 3.63) is 0 Å². The number of hydrogen-bond donors (Lipinski definition) is 15. The van der Waals surface area contributed by atoms with Gasteiger partial charge in [-0.2, -0.15) is 0 Å². The Bertz CT molecular complexity index is 740. The SMILES string of the molecule is CC(=O)N[C@H]1CN[C@H](CO)[C@@H](O)[C@@H]1O.CC(=O)N[C@H]1NC[C@@H](CN)[C@H](O)[C@@H]1O.CC(=O)N[C@H]1NC[C@H](CO)[C@H](O)[C@@H]1O. The van der Waals surface area contributed by atoms with Crippen LogP contribution >= 0.6 is 0 Å². The molecule has 3 heterocycles. The van der Waals surface area contributed by atoms with Gasteiger partial charge in [-0.25, -0.2) is 0 Å². The van der Waals surface area contributed by atoms with Gasteiger partial charge in [-0.1, -0.05) is 0 Å². The molecule has 0 unspecified atom stereocenters. The first kappa shape index (κ1) is 38.0. The molecule has 0 aromatic heterocycles. The lowest BCUT2D eigenvalue weighted by Crippen LogP contribution is -2.65. The van der Waals surface area contributed by atoms with E-state index >= 15 is 0 Å². The normalized spacial score (nSPS) is 38.0. The molecule has 3 amide bonds. The fourth-order valence-corrected chi connectivity index (χ4v) is 4.66. The average molecular weight is 612 g/mol. The van der Waals surface area contributed by atoms with Gasteiger partial charge in [0.1, 0.15) is 30.6 Å². The second kappa shape index (κ2) is 18.6. The average Bonchev–Trinajstić information content (AvgIpc) is 2.92. The van der Waals surface area contributed by atoms with Crippen molar-refractivity contribution in [1.82, 2.24) is 31.9 Å². The molecule has 0 aromatic rings. The molecule has 3 fully saturated rings. The molecule has 18 heteroatoms. The first-order chi connectivity index (χ1) is 19.7. The molecule has 16 N–H and O–H groups in total. The topological polar surface area (TPSA) is 311 Å². The van der Waals surface area contributed by atoms with Crippen molar-refractivity contribution < 1.29 is 55.2 Å². The van der Waals surface area contributed by atoms with Gasteiger partial charge >= 0.3 is 0 Å². The van der Waals surface area contributed by atoms with Crippen LogP contribution in [0.15, 0.2) is 0 Å². The summed E-state index contributed by atoms with van der Waals surface area (Å²) in [7, 11) is 0. The monoisotopic (exact) mass is 611 g/mol. The molecule has 18 nitrogen and oxygen atoms in total.